The van der Waals surface area contributed by atoms with E-state index in [1.54, 1.807) is 40.7 Å². The molecule has 0 bridgehead atoms. The van der Waals surface area contributed by atoms with Gasteiger partial charge in [0.25, 0.3) is 11.8 Å². The Bertz CT molecular complexity index is 729. The fraction of sp³-hybridized carbons (Fsp3) is 0.375. The highest BCUT2D eigenvalue weighted by Gasteiger charge is 2.20. The third kappa shape index (κ3) is 4.58. The SMILES string of the molecule is CCNC(=O)c1ccc(-n2nnc(C(=O)NCCN)c2CSC)cc1. The first-order valence-corrected chi connectivity index (χ1v) is 9.32. The summed E-state index contributed by atoms with van der Waals surface area (Å²) in [5, 5.41) is 13.6. The van der Waals surface area contributed by atoms with E-state index in [1.165, 1.54) is 0 Å². The zero-order valence-corrected chi connectivity index (χ0v) is 15.1. The van der Waals surface area contributed by atoms with Crippen LogP contribution in [-0.4, -0.2) is 52.7 Å². The van der Waals surface area contributed by atoms with Gasteiger partial charge in [0.2, 0.25) is 0 Å². The average Bonchev–Trinajstić information content (AvgIpc) is 3.04. The molecule has 2 amide bonds. The molecule has 1 aromatic carbocycles. The Morgan fingerprint density at radius 1 is 1.20 bits per heavy atom. The third-order valence-corrected chi connectivity index (χ3v) is 3.96. The Morgan fingerprint density at radius 3 is 2.52 bits per heavy atom. The predicted molar refractivity (Wildman–Crippen MR) is 98.0 cm³/mol. The number of hydrogen-bond donors (Lipinski definition) is 3. The van der Waals surface area contributed by atoms with Gasteiger partial charge in [-0.1, -0.05) is 5.21 Å². The Kier molecular flexibility index (Phi) is 6.96. The Morgan fingerprint density at radius 2 is 1.92 bits per heavy atom. The van der Waals surface area contributed by atoms with Crippen molar-refractivity contribution in [3.8, 4) is 5.69 Å². The second-order valence-electron chi connectivity index (χ2n) is 5.18. The summed E-state index contributed by atoms with van der Waals surface area (Å²) >= 11 is 1.57. The summed E-state index contributed by atoms with van der Waals surface area (Å²) in [7, 11) is 0. The summed E-state index contributed by atoms with van der Waals surface area (Å²) in [4.78, 5) is 24.1. The summed E-state index contributed by atoms with van der Waals surface area (Å²) in [5.74, 6) is 0.162. The van der Waals surface area contributed by atoms with E-state index in [4.69, 9.17) is 5.73 Å². The largest absolute Gasteiger partial charge is 0.352 e. The molecule has 0 saturated carbocycles. The van der Waals surface area contributed by atoms with E-state index in [-0.39, 0.29) is 17.5 Å². The minimum Gasteiger partial charge on any atom is -0.352 e. The van der Waals surface area contributed by atoms with Gasteiger partial charge in [0.15, 0.2) is 5.69 Å². The fourth-order valence-corrected chi connectivity index (χ4v) is 2.77. The molecule has 25 heavy (non-hydrogen) atoms. The molecule has 8 nitrogen and oxygen atoms in total. The standard InChI is InChI=1S/C16H22N6O2S/c1-3-18-15(23)11-4-6-12(7-5-11)22-13(10-25-2)14(20-21-22)16(24)19-9-8-17/h4-7H,3,8-10,17H2,1-2H3,(H,18,23)(H,19,24). The van der Waals surface area contributed by atoms with E-state index in [1.807, 2.05) is 13.2 Å². The van der Waals surface area contributed by atoms with Crippen LogP contribution in [0.1, 0.15) is 33.5 Å². The van der Waals surface area contributed by atoms with E-state index < -0.39 is 0 Å². The summed E-state index contributed by atoms with van der Waals surface area (Å²) in [6.45, 7) is 3.18. The molecule has 0 radical (unpaired) electrons. The third-order valence-electron chi connectivity index (χ3n) is 3.40. The molecule has 0 spiro atoms. The van der Waals surface area contributed by atoms with Crippen LogP contribution in [0.2, 0.25) is 0 Å². The van der Waals surface area contributed by atoms with Crippen LogP contribution in [0, 0.1) is 0 Å². The quantitative estimate of drug-likeness (QED) is 0.632. The number of benzene rings is 1. The van der Waals surface area contributed by atoms with Crippen molar-refractivity contribution in [1.29, 1.82) is 0 Å². The molecule has 0 aliphatic carbocycles. The number of aromatic nitrogens is 3. The maximum absolute atomic E-state index is 12.2. The number of carbonyl (C=O) groups is 2. The van der Waals surface area contributed by atoms with Crippen LogP contribution in [0.3, 0.4) is 0 Å². The molecule has 0 aliphatic rings. The molecule has 134 valence electrons. The molecular formula is C16H22N6O2S. The molecule has 1 heterocycles. The second kappa shape index (κ2) is 9.19. The van der Waals surface area contributed by atoms with Gasteiger partial charge in [-0.3, -0.25) is 9.59 Å². The maximum atomic E-state index is 12.2. The van der Waals surface area contributed by atoms with Crippen LogP contribution in [0.4, 0.5) is 0 Å². The predicted octanol–water partition coefficient (Wildman–Crippen LogP) is 0.569. The fourth-order valence-electron chi connectivity index (χ4n) is 2.24. The van der Waals surface area contributed by atoms with Gasteiger partial charge in [-0.15, -0.1) is 5.10 Å². The van der Waals surface area contributed by atoms with Crippen molar-refractivity contribution in [2.75, 3.05) is 25.9 Å². The highest BCUT2D eigenvalue weighted by Crippen LogP contribution is 2.18. The normalized spacial score (nSPS) is 10.5. The number of hydrogen-bond acceptors (Lipinski definition) is 6. The molecule has 4 N–H and O–H groups in total. The molecule has 0 unspecified atom stereocenters. The van der Waals surface area contributed by atoms with Crippen molar-refractivity contribution in [1.82, 2.24) is 25.6 Å². The lowest BCUT2D eigenvalue weighted by atomic mass is 10.2. The highest BCUT2D eigenvalue weighted by molar-refractivity contribution is 7.97. The zero-order chi connectivity index (χ0) is 18.2. The van der Waals surface area contributed by atoms with E-state index in [0.717, 1.165) is 5.69 Å². The number of nitrogens with two attached hydrogens (primary N) is 1. The van der Waals surface area contributed by atoms with E-state index >= 15 is 0 Å². The van der Waals surface area contributed by atoms with Crippen LogP contribution in [-0.2, 0) is 5.75 Å². The van der Waals surface area contributed by atoms with Crippen LogP contribution >= 0.6 is 11.8 Å². The van der Waals surface area contributed by atoms with Crippen molar-refractivity contribution in [3.05, 3.63) is 41.2 Å². The van der Waals surface area contributed by atoms with Crippen LogP contribution in [0.5, 0.6) is 0 Å². The van der Waals surface area contributed by atoms with Crippen molar-refractivity contribution in [2.45, 2.75) is 12.7 Å². The number of rotatable bonds is 8. The van der Waals surface area contributed by atoms with Gasteiger partial charge in [0, 0.05) is 31.0 Å². The van der Waals surface area contributed by atoms with Crippen molar-refractivity contribution < 1.29 is 9.59 Å². The Balaban J connectivity index is 2.30. The first kappa shape index (κ1) is 18.9. The van der Waals surface area contributed by atoms with Crippen LogP contribution < -0.4 is 16.4 Å². The number of nitrogens with zero attached hydrogens (tertiary/aromatic N) is 3. The molecule has 0 aliphatic heterocycles. The summed E-state index contributed by atoms with van der Waals surface area (Å²) in [6.07, 6.45) is 1.94. The van der Waals surface area contributed by atoms with Gasteiger partial charge in [0.05, 0.1) is 11.4 Å². The molecule has 0 fully saturated rings. The van der Waals surface area contributed by atoms with Gasteiger partial charge in [-0.2, -0.15) is 11.8 Å². The minimum atomic E-state index is -0.292. The topological polar surface area (TPSA) is 115 Å². The van der Waals surface area contributed by atoms with Crippen molar-refractivity contribution in [2.24, 2.45) is 5.73 Å². The molecule has 2 rings (SSSR count). The molecule has 2 aromatic rings. The molecule has 1 aromatic heterocycles. The zero-order valence-electron chi connectivity index (χ0n) is 14.3. The Labute approximate surface area is 150 Å². The van der Waals surface area contributed by atoms with Gasteiger partial charge in [-0.25, -0.2) is 4.68 Å². The Hall–Kier alpha value is -2.39. The monoisotopic (exact) mass is 362 g/mol. The first-order chi connectivity index (χ1) is 12.1. The average molecular weight is 362 g/mol. The van der Waals surface area contributed by atoms with Gasteiger partial charge < -0.3 is 16.4 Å². The molecule has 9 heteroatoms. The number of carbonyl (C=O) groups excluding carboxylic acids is 2. The highest BCUT2D eigenvalue weighted by atomic mass is 32.2. The summed E-state index contributed by atoms with van der Waals surface area (Å²) in [5.41, 5.74) is 7.71. The van der Waals surface area contributed by atoms with Crippen LogP contribution in [0.25, 0.3) is 5.69 Å². The lowest BCUT2D eigenvalue weighted by Crippen LogP contribution is -2.30. The maximum Gasteiger partial charge on any atom is 0.273 e. The van der Waals surface area contributed by atoms with E-state index in [9.17, 15) is 9.59 Å². The number of thioether (sulfide) groups is 1. The number of amides is 2. The van der Waals surface area contributed by atoms with Gasteiger partial charge in [-0.05, 0) is 37.4 Å². The first-order valence-electron chi connectivity index (χ1n) is 7.92. The van der Waals surface area contributed by atoms with Crippen LogP contribution in [0.15, 0.2) is 24.3 Å². The molecule has 0 atom stereocenters. The van der Waals surface area contributed by atoms with E-state index in [2.05, 4.69) is 20.9 Å². The lowest BCUT2D eigenvalue weighted by Gasteiger charge is -2.08. The van der Waals surface area contributed by atoms with Gasteiger partial charge >= 0.3 is 0 Å². The lowest BCUT2D eigenvalue weighted by molar-refractivity contribution is 0.0943. The minimum absolute atomic E-state index is 0.126. The second-order valence-corrected chi connectivity index (χ2v) is 6.05. The van der Waals surface area contributed by atoms with Gasteiger partial charge in [0.1, 0.15) is 0 Å². The summed E-state index contributed by atoms with van der Waals surface area (Å²) < 4.78 is 1.62. The smallest absolute Gasteiger partial charge is 0.273 e. The summed E-state index contributed by atoms with van der Waals surface area (Å²) in [6, 6.07) is 7.01. The number of nitrogens with one attached hydrogen (secondary N) is 2. The van der Waals surface area contributed by atoms with Crippen molar-refractivity contribution >= 4 is 23.6 Å². The van der Waals surface area contributed by atoms with Crippen molar-refractivity contribution in [3.63, 3.8) is 0 Å². The molecular weight excluding hydrogens is 340 g/mol. The van der Waals surface area contributed by atoms with E-state index in [0.29, 0.717) is 36.6 Å². The molecule has 0 saturated heterocycles.